The smallest absolute Gasteiger partial charge is 0.333 e. The predicted octanol–water partition coefficient (Wildman–Crippen LogP) is 1.27. The lowest BCUT2D eigenvalue weighted by molar-refractivity contribution is -0.140. The fourth-order valence-electron chi connectivity index (χ4n) is 1.34. The van der Waals surface area contributed by atoms with Gasteiger partial charge in [-0.3, -0.25) is 0 Å². The molecule has 0 bridgehead atoms. The number of esters is 1. The molecule has 2 atom stereocenters. The van der Waals surface area contributed by atoms with Gasteiger partial charge in [0.25, 0.3) is 0 Å². The van der Waals surface area contributed by atoms with Crippen LogP contribution in [0.2, 0.25) is 0 Å². The number of hydrogen-bond donors (Lipinski definition) is 0. The van der Waals surface area contributed by atoms with Gasteiger partial charge in [0.05, 0.1) is 19.8 Å². The molecule has 5 nitrogen and oxygen atoms in total. The predicted molar refractivity (Wildman–Crippen MR) is 61.5 cm³/mol. The largest absolute Gasteiger partial charge is 0.460 e. The molecule has 2 unspecified atom stereocenters. The maximum Gasteiger partial charge on any atom is 0.333 e. The first kappa shape index (κ1) is 14.2. The highest BCUT2D eigenvalue weighted by Crippen LogP contribution is 2.14. The Morgan fingerprint density at radius 3 is 2.82 bits per heavy atom. The number of hydrogen-bond acceptors (Lipinski definition) is 5. The summed E-state index contributed by atoms with van der Waals surface area (Å²) >= 11 is 0. The highest BCUT2D eigenvalue weighted by atomic mass is 16.7. The topological polar surface area (TPSA) is 54.0 Å². The molecule has 0 radical (unpaired) electrons. The first-order valence-electron chi connectivity index (χ1n) is 5.81. The molecule has 5 heteroatoms. The Labute approximate surface area is 102 Å². The Hall–Kier alpha value is -0.910. The molecule has 1 rings (SSSR count). The van der Waals surface area contributed by atoms with Crippen molar-refractivity contribution in [2.75, 3.05) is 26.4 Å². The fraction of sp³-hybridized carbons (Fsp3) is 0.750. The second-order valence-electron chi connectivity index (χ2n) is 3.92. The summed E-state index contributed by atoms with van der Waals surface area (Å²) in [5, 5.41) is 0. The van der Waals surface area contributed by atoms with Crippen molar-refractivity contribution in [2.45, 2.75) is 32.7 Å². The summed E-state index contributed by atoms with van der Waals surface area (Å²) in [6.07, 6.45) is 0.717. The zero-order valence-electron chi connectivity index (χ0n) is 10.4. The molecule has 1 fully saturated rings. The van der Waals surface area contributed by atoms with Crippen LogP contribution in [0.15, 0.2) is 12.2 Å². The van der Waals surface area contributed by atoms with Gasteiger partial charge in [0.15, 0.2) is 6.29 Å². The normalized spacial score (nSPS) is 23.6. The summed E-state index contributed by atoms with van der Waals surface area (Å²) in [5.41, 5.74) is 0.392. The van der Waals surface area contributed by atoms with E-state index in [1.807, 2.05) is 6.92 Å². The quantitative estimate of drug-likeness (QED) is 0.383. The van der Waals surface area contributed by atoms with Gasteiger partial charge in [-0.15, -0.1) is 0 Å². The van der Waals surface area contributed by atoms with Crippen LogP contribution in [0.25, 0.3) is 0 Å². The van der Waals surface area contributed by atoms with Crippen molar-refractivity contribution in [3.05, 3.63) is 12.2 Å². The van der Waals surface area contributed by atoms with Crippen molar-refractivity contribution in [3.63, 3.8) is 0 Å². The van der Waals surface area contributed by atoms with Gasteiger partial charge in [0.2, 0.25) is 0 Å². The van der Waals surface area contributed by atoms with Crippen LogP contribution in [0.3, 0.4) is 0 Å². The summed E-state index contributed by atoms with van der Waals surface area (Å²) in [4.78, 5) is 11.0. The molecule has 0 aromatic rings. The lowest BCUT2D eigenvalue weighted by Gasteiger charge is -2.10. The van der Waals surface area contributed by atoms with Crippen LogP contribution in [0, 0.1) is 0 Å². The van der Waals surface area contributed by atoms with Crippen LogP contribution in [0.4, 0.5) is 0 Å². The standard InChI is InChI=1S/C12H20O5/c1-4-11-16-8-10(17-11)7-14-5-6-15-12(13)9(2)3/h10-11H,2,4-8H2,1,3H3. The van der Waals surface area contributed by atoms with E-state index >= 15 is 0 Å². The zero-order valence-corrected chi connectivity index (χ0v) is 10.4. The minimum atomic E-state index is -0.389. The number of ether oxygens (including phenoxy) is 4. The third-order valence-corrected chi connectivity index (χ3v) is 2.26. The Bertz CT molecular complexity index is 264. The summed E-state index contributed by atoms with van der Waals surface area (Å²) in [6, 6.07) is 0. The van der Waals surface area contributed by atoms with Crippen LogP contribution in [0.1, 0.15) is 20.3 Å². The van der Waals surface area contributed by atoms with Gasteiger partial charge < -0.3 is 18.9 Å². The van der Waals surface area contributed by atoms with Crippen LogP contribution >= 0.6 is 0 Å². The average Bonchev–Trinajstić information content (AvgIpc) is 2.76. The average molecular weight is 244 g/mol. The molecule has 1 heterocycles. The van der Waals surface area contributed by atoms with Gasteiger partial charge in [-0.1, -0.05) is 13.5 Å². The van der Waals surface area contributed by atoms with Gasteiger partial charge in [0, 0.05) is 5.57 Å². The van der Waals surface area contributed by atoms with E-state index in [0.717, 1.165) is 6.42 Å². The maximum absolute atomic E-state index is 11.0. The number of carbonyl (C=O) groups is 1. The fourth-order valence-corrected chi connectivity index (χ4v) is 1.34. The van der Waals surface area contributed by atoms with Crippen molar-refractivity contribution in [1.82, 2.24) is 0 Å². The Morgan fingerprint density at radius 2 is 2.24 bits per heavy atom. The van der Waals surface area contributed by atoms with Crippen molar-refractivity contribution < 1.29 is 23.7 Å². The molecule has 98 valence electrons. The molecule has 0 N–H and O–H groups in total. The van der Waals surface area contributed by atoms with Crippen LogP contribution in [0.5, 0.6) is 0 Å². The van der Waals surface area contributed by atoms with E-state index in [2.05, 4.69) is 6.58 Å². The lowest BCUT2D eigenvalue weighted by Crippen LogP contribution is -2.21. The van der Waals surface area contributed by atoms with Gasteiger partial charge in [-0.25, -0.2) is 4.79 Å². The number of rotatable bonds is 7. The monoisotopic (exact) mass is 244 g/mol. The lowest BCUT2D eigenvalue weighted by atomic mass is 10.4. The van der Waals surface area contributed by atoms with Gasteiger partial charge in [0.1, 0.15) is 12.7 Å². The number of carbonyl (C=O) groups excluding carboxylic acids is 1. The van der Waals surface area contributed by atoms with E-state index in [1.54, 1.807) is 6.92 Å². The second kappa shape index (κ2) is 7.42. The molecule has 1 aliphatic rings. The molecule has 1 aliphatic heterocycles. The van der Waals surface area contributed by atoms with Gasteiger partial charge in [-0.2, -0.15) is 0 Å². The summed E-state index contributed by atoms with van der Waals surface area (Å²) in [7, 11) is 0. The molecule has 0 aromatic carbocycles. The highest BCUT2D eigenvalue weighted by Gasteiger charge is 2.24. The molecule has 0 aliphatic carbocycles. The second-order valence-corrected chi connectivity index (χ2v) is 3.92. The third-order valence-electron chi connectivity index (χ3n) is 2.26. The van der Waals surface area contributed by atoms with Crippen molar-refractivity contribution in [2.24, 2.45) is 0 Å². The molecule has 0 saturated carbocycles. The minimum Gasteiger partial charge on any atom is -0.460 e. The van der Waals surface area contributed by atoms with Crippen LogP contribution < -0.4 is 0 Å². The molecule has 0 spiro atoms. The van der Waals surface area contributed by atoms with Crippen LogP contribution in [-0.2, 0) is 23.7 Å². The zero-order chi connectivity index (χ0) is 12.7. The Morgan fingerprint density at radius 1 is 1.47 bits per heavy atom. The van der Waals surface area contributed by atoms with Gasteiger partial charge >= 0.3 is 5.97 Å². The summed E-state index contributed by atoms with van der Waals surface area (Å²) in [6.45, 7) is 8.71. The van der Waals surface area contributed by atoms with E-state index < -0.39 is 0 Å². The van der Waals surface area contributed by atoms with E-state index in [4.69, 9.17) is 18.9 Å². The van der Waals surface area contributed by atoms with Crippen LogP contribution in [-0.4, -0.2) is 44.8 Å². The van der Waals surface area contributed by atoms with Crippen molar-refractivity contribution in [3.8, 4) is 0 Å². The first-order chi connectivity index (χ1) is 8.13. The summed E-state index contributed by atoms with van der Waals surface area (Å²) < 4.78 is 21.1. The SMILES string of the molecule is C=C(C)C(=O)OCCOCC1COC(CC)O1. The molecular weight excluding hydrogens is 224 g/mol. The summed E-state index contributed by atoms with van der Waals surface area (Å²) in [5.74, 6) is -0.389. The van der Waals surface area contributed by atoms with Crippen molar-refractivity contribution >= 4 is 5.97 Å². The Kier molecular flexibility index (Phi) is 6.18. The highest BCUT2D eigenvalue weighted by molar-refractivity contribution is 5.86. The maximum atomic E-state index is 11.0. The molecule has 0 amide bonds. The molecule has 1 saturated heterocycles. The minimum absolute atomic E-state index is 0.0169. The van der Waals surface area contributed by atoms with E-state index in [0.29, 0.717) is 25.4 Å². The molecule has 0 aromatic heterocycles. The first-order valence-corrected chi connectivity index (χ1v) is 5.81. The van der Waals surface area contributed by atoms with Crippen molar-refractivity contribution in [1.29, 1.82) is 0 Å². The van der Waals surface area contributed by atoms with E-state index in [1.165, 1.54) is 0 Å². The van der Waals surface area contributed by atoms with E-state index in [-0.39, 0.29) is 25.0 Å². The van der Waals surface area contributed by atoms with Gasteiger partial charge in [-0.05, 0) is 13.3 Å². The third kappa shape index (κ3) is 5.30. The van der Waals surface area contributed by atoms with E-state index in [9.17, 15) is 4.79 Å². The molecular formula is C12H20O5. The molecule has 17 heavy (non-hydrogen) atoms. The Balaban J connectivity index is 1.98.